The van der Waals surface area contributed by atoms with E-state index < -0.39 is 0 Å². The molecule has 1 aromatic heterocycles. The summed E-state index contributed by atoms with van der Waals surface area (Å²) >= 11 is 1.82. The minimum Gasteiger partial charge on any atom is -0.347 e. The van der Waals surface area contributed by atoms with E-state index in [0.717, 1.165) is 12.8 Å². The second-order valence-corrected chi connectivity index (χ2v) is 5.77. The van der Waals surface area contributed by atoms with E-state index in [2.05, 4.69) is 28.4 Å². The van der Waals surface area contributed by atoms with Gasteiger partial charge in [-0.2, -0.15) is 11.8 Å². The third-order valence-corrected chi connectivity index (χ3v) is 4.59. The van der Waals surface area contributed by atoms with Crippen molar-refractivity contribution < 1.29 is 4.79 Å². The van der Waals surface area contributed by atoms with Gasteiger partial charge in [-0.3, -0.25) is 4.79 Å². The molecule has 5 heteroatoms. The van der Waals surface area contributed by atoms with Gasteiger partial charge in [0, 0.05) is 17.5 Å². The molecular formula is C15H19N3OS. The smallest absolute Gasteiger partial charge is 0.271 e. The summed E-state index contributed by atoms with van der Waals surface area (Å²) in [5.41, 5.74) is 6.40. The van der Waals surface area contributed by atoms with E-state index >= 15 is 0 Å². The molecule has 1 amide bonds. The van der Waals surface area contributed by atoms with E-state index in [1.807, 2.05) is 11.8 Å². The molecule has 1 fully saturated rings. The molecule has 0 radical (unpaired) electrons. The van der Waals surface area contributed by atoms with Gasteiger partial charge in [-0.05, 0) is 31.2 Å². The van der Waals surface area contributed by atoms with Crippen LogP contribution in [-0.2, 0) is 0 Å². The molecule has 2 unspecified atom stereocenters. The zero-order chi connectivity index (χ0) is 14.4. The van der Waals surface area contributed by atoms with Crippen LogP contribution in [-0.4, -0.2) is 35.0 Å². The lowest BCUT2D eigenvalue weighted by atomic mass is 10.1. The van der Waals surface area contributed by atoms with Crippen molar-refractivity contribution in [3.05, 3.63) is 29.6 Å². The number of carbonyl (C=O) groups excluding carboxylic acids is 1. The number of amides is 1. The number of aromatic nitrogens is 1. The highest BCUT2D eigenvalue weighted by Gasteiger charge is 2.28. The molecule has 0 aliphatic heterocycles. The van der Waals surface area contributed by atoms with Crippen LogP contribution in [0.2, 0.25) is 0 Å². The van der Waals surface area contributed by atoms with Crippen molar-refractivity contribution in [2.75, 3.05) is 12.8 Å². The summed E-state index contributed by atoms with van der Waals surface area (Å²) in [5, 5.41) is 3.59. The molecule has 0 aromatic carbocycles. The minimum absolute atomic E-state index is 0.141. The molecular weight excluding hydrogens is 270 g/mol. The van der Waals surface area contributed by atoms with Crippen molar-refractivity contribution in [2.45, 2.75) is 30.6 Å². The summed E-state index contributed by atoms with van der Waals surface area (Å²) in [6.45, 7) is 0.271. The molecule has 1 aliphatic rings. The Balaban J connectivity index is 2.13. The van der Waals surface area contributed by atoms with Crippen LogP contribution in [0.1, 0.15) is 35.3 Å². The quantitative estimate of drug-likeness (QED) is 0.826. The highest BCUT2D eigenvalue weighted by atomic mass is 32.2. The molecule has 20 heavy (non-hydrogen) atoms. The Kier molecular flexibility index (Phi) is 5.45. The molecule has 0 bridgehead atoms. The number of pyridine rings is 1. The minimum atomic E-state index is -0.141. The maximum atomic E-state index is 12.4. The lowest BCUT2D eigenvalue weighted by Crippen LogP contribution is -2.39. The van der Waals surface area contributed by atoms with Gasteiger partial charge in [0.05, 0.1) is 12.1 Å². The first-order valence-corrected chi connectivity index (χ1v) is 8.02. The predicted molar refractivity (Wildman–Crippen MR) is 82.6 cm³/mol. The van der Waals surface area contributed by atoms with Gasteiger partial charge in [-0.1, -0.05) is 18.3 Å². The second kappa shape index (κ2) is 7.32. The normalized spacial score (nSPS) is 21.1. The fraction of sp³-hybridized carbons (Fsp3) is 0.467. The van der Waals surface area contributed by atoms with Gasteiger partial charge < -0.3 is 11.1 Å². The Morgan fingerprint density at radius 3 is 3.20 bits per heavy atom. The summed E-state index contributed by atoms with van der Waals surface area (Å²) < 4.78 is 0. The number of thioether (sulfide) groups is 1. The maximum absolute atomic E-state index is 12.4. The topological polar surface area (TPSA) is 68.0 Å². The number of rotatable bonds is 3. The van der Waals surface area contributed by atoms with E-state index in [0.29, 0.717) is 16.5 Å². The van der Waals surface area contributed by atoms with E-state index in [1.165, 1.54) is 6.42 Å². The fourth-order valence-electron chi connectivity index (χ4n) is 2.44. The molecule has 1 heterocycles. The molecule has 4 nitrogen and oxygen atoms in total. The van der Waals surface area contributed by atoms with Gasteiger partial charge in [0.25, 0.3) is 5.91 Å². The van der Waals surface area contributed by atoms with Crippen LogP contribution in [0.4, 0.5) is 0 Å². The molecule has 106 valence electrons. The average Bonchev–Trinajstić information content (AvgIpc) is 2.92. The zero-order valence-corrected chi connectivity index (χ0v) is 12.4. The van der Waals surface area contributed by atoms with Crippen LogP contribution < -0.4 is 11.1 Å². The Bertz CT molecular complexity index is 535. The molecule has 0 saturated heterocycles. The van der Waals surface area contributed by atoms with Gasteiger partial charge in [0.15, 0.2) is 0 Å². The van der Waals surface area contributed by atoms with Crippen molar-refractivity contribution in [1.29, 1.82) is 0 Å². The predicted octanol–water partition coefficient (Wildman–Crippen LogP) is 1.41. The lowest BCUT2D eigenvalue weighted by Gasteiger charge is -2.19. The van der Waals surface area contributed by atoms with Gasteiger partial charge in [0.1, 0.15) is 5.69 Å². The van der Waals surface area contributed by atoms with Gasteiger partial charge >= 0.3 is 0 Å². The molecule has 1 saturated carbocycles. The summed E-state index contributed by atoms with van der Waals surface area (Å²) in [6.07, 6.45) is 7.07. The highest BCUT2D eigenvalue weighted by molar-refractivity contribution is 7.99. The van der Waals surface area contributed by atoms with Crippen molar-refractivity contribution in [2.24, 2.45) is 5.73 Å². The Labute approximate surface area is 123 Å². The van der Waals surface area contributed by atoms with Crippen LogP contribution in [0.25, 0.3) is 0 Å². The van der Waals surface area contributed by atoms with Crippen LogP contribution in [0.15, 0.2) is 18.3 Å². The first-order valence-electron chi connectivity index (χ1n) is 6.74. The number of nitrogens with two attached hydrogens (primary N) is 1. The molecule has 1 aromatic rings. The number of hydrogen-bond acceptors (Lipinski definition) is 4. The number of nitrogens with zero attached hydrogens (tertiary/aromatic N) is 1. The van der Waals surface area contributed by atoms with Gasteiger partial charge in [0.2, 0.25) is 0 Å². The van der Waals surface area contributed by atoms with Gasteiger partial charge in [-0.25, -0.2) is 4.98 Å². The largest absolute Gasteiger partial charge is 0.347 e. The van der Waals surface area contributed by atoms with E-state index in [-0.39, 0.29) is 18.5 Å². The SMILES string of the molecule is CSC1CCCC1NC(=O)c1ncccc1C#CCN. The van der Waals surface area contributed by atoms with Crippen molar-refractivity contribution in [3.63, 3.8) is 0 Å². The Hall–Kier alpha value is -1.51. The summed E-state index contributed by atoms with van der Waals surface area (Å²) in [7, 11) is 0. The summed E-state index contributed by atoms with van der Waals surface area (Å²) in [6, 6.07) is 3.80. The van der Waals surface area contributed by atoms with Crippen LogP contribution in [0.5, 0.6) is 0 Å². The molecule has 2 atom stereocenters. The number of hydrogen-bond donors (Lipinski definition) is 2. The molecule has 1 aliphatic carbocycles. The first kappa shape index (κ1) is 14.9. The van der Waals surface area contributed by atoms with Crippen molar-refractivity contribution in [1.82, 2.24) is 10.3 Å². The monoisotopic (exact) mass is 289 g/mol. The average molecular weight is 289 g/mol. The fourth-order valence-corrected chi connectivity index (χ4v) is 3.38. The first-order chi connectivity index (χ1) is 9.76. The van der Waals surface area contributed by atoms with Crippen molar-refractivity contribution in [3.8, 4) is 11.8 Å². The molecule has 3 N–H and O–H groups in total. The maximum Gasteiger partial charge on any atom is 0.271 e. The highest BCUT2D eigenvalue weighted by Crippen LogP contribution is 2.28. The summed E-state index contributed by atoms with van der Waals surface area (Å²) in [5.74, 6) is 5.53. The number of carbonyl (C=O) groups is 1. The zero-order valence-electron chi connectivity index (χ0n) is 11.6. The van der Waals surface area contributed by atoms with Crippen LogP contribution in [0, 0.1) is 11.8 Å². The Morgan fingerprint density at radius 2 is 2.45 bits per heavy atom. The second-order valence-electron chi connectivity index (χ2n) is 4.69. The summed E-state index contributed by atoms with van der Waals surface area (Å²) in [4.78, 5) is 16.5. The van der Waals surface area contributed by atoms with E-state index in [1.54, 1.807) is 18.3 Å². The van der Waals surface area contributed by atoms with Crippen LogP contribution in [0.3, 0.4) is 0 Å². The van der Waals surface area contributed by atoms with Gasteiger partial charge in [-0.15, -0.1) is 0 Å². The van der Waals surface area contributed by atoms with Crippen molar-refractivity contribution >= 4 is 17.7 Å². The molecule has 0 spiro atoms. The van der Waals surface area contributed by atoms with E-state index in [4.69, 9.17) is 5.73 Å². The molecule has 2 rings (SSSR count). The van der Waals surface area contributed by atoms with Crippen LogP contribution >= 0.6 is 11.8 Å². The third-order valence-electron chi connectivity index (χ3n) is 3.42. The third kappa shape index (κ3) is 3.53. The van der Waals surface area contributed by atoms with E-state index in [9.17, 15) is 4.79 Å². The standard InChI is InChI=1S/C15H19N3OS/c1-20-13-8-2-7-12(13)18-15(19)14-11(5-3-9-16)6-4-10-17-14/h4,6,10,12-13H,2,7-9,16H2,1H3,(H,18,19). The lowest BCUT2D eigenvalue weighted by molar-refractivity contribution is 0.0933. The Morgan fingerprint density at radius 1 is 1.60 bits per heavy atom. The number of nitrogens with one attached hydrogen (secondary N) is 1.